The summed E-state index contributed by atoms with van der Waals surface area (Å²) in [5.41, 5.74) is -0.694. The van der Waals surface area contributed by atoms with Gasteiger partial charge in [-0.25, -0.2) is 0 Å². The number of benzene rings is 2. The van der Waals surface area contributed by atoms with Crippen LogP contribution in [0.5, 0.6) is 28.7 Å². The molecule has 0 saturated carbocycles. The predicted molar refractivity (Wildman–Crippen MR) is 355 cm³/mol. The second-order valence-corrected chi connectivity index (χ2v) is 24.8. The van der Waals surface area contributed by atoms with Crippen LogP contribution in [0, 0.1) is 0 Å². The van der Waals surface area contributed by atoms with Crippen molar-refractivity contribution in [1.82, 2.24) is 0 Å². The predicted octanol–water partition coefficient (Wildman–Crippen LogP) is 22.6. The Morgan fingerprint density at radius 2 is 0.598 bits per heavy atom. The number of fused-ring (bicyclic) bond motifs is 1. The Morgan fingerprint density at radius 3 is 0.943 bits per heavy atom. The summed E-state index contributed by atoms with van der Waals surface area (Å²) in [4.78, 5) is 83.5. The topological polar surface area (TPSA) is 162 Å². The average Bonchev–Trinajstić information content (AvgIpc) is 0.968. The molecule has 0 radical (unpaired) electrons. The van der Waals surface area contributed by atoms with E-state index in [1.54, 1.807) is 6.07 Å². The molecule has 2 aromatic carbocycles. The van der Waals surface area contributed by atoms with Gasteiger partial charge in [0.25, 0.3) is 0 Å². The van der Waals surface area contributed by atoms with Gasteiger partial charge in [-0.2, -0.15) is 0 Å². The number of esters is 5. The first kappa shape index (κ1) is 76.2. The van der Waals surface area contributed by atoms with Crippen LogP contribution in [0.15, 0.2) is 39.5 Å². The van der Waals surface area contributed by atoms with Crippen molar-refractivity contribution in [1.29, 1.82) is 0 Å². The maximum atomic E-state index is 15.2. The van der Waals surface area contributed by atoms with E-state index < -0.39 is 41.0 Å². The smallest absolute Gasteiger partial charge is 0.311 e. The molecule has 12 heteroatoms. The SMILES string of the molecule is CCCCCCCCCCCC(=O)Oc1cc(OC(=O)CCCCCCCCCCC)c2c(=O)c(OC(=O)CCCCCCCCCCC)c(-c3ccc(OC(=O)CCCCCCCCCCC)c(OC(=O)CCCCCCCCCCC)c3)oc2c1. The molecule has 0 amide bonds. The Hall–Kier alpha value is -5.00. The number of carbonyl (C=O) groups excluding carboxylic acids is 5. The molecule has 0 aliphatic heterocycles. The van der Waals surface area contributed by atoms with E-state index in [-0.39, 0.29) is 77.4 Å². The monoisotopic (exact) mass is 1210 g/mol. The lowest BCUT2D eigenvalue weighted by molar-refractivity contribution is -0.137. The summed E-state index contributed by atoms with van der Waals surface area (Å²) in [6, 6.07) is 7.28. The van der Waals surface area contributed by atoms with Gasteiger partial charge in [0.2, 0.25) is 11.2 Å². The molecule has 0 spiro atoms. The molecule has 3 aromatic rings. The number of unbranched alkanes of at least 4 members (excludes halogenated alkanes) is 40. The van der Waals surface area contributed by atoms with Gasteiger partial charge in [-0.15, -0.1) is 0 Å². The number of rotatable bonds is 56. The van der Waals surface area contributed by atoms with Gasteiger partial charge >= 0.3 is 29.8 Å². The van der Waals surface area contributed by atoms with Gasteiger partial charge in [0.15, 0.2) is 17.3 Å². The van der Waals surface area contributed by atoms with Crippen LogP contribution in [0.3, 0.4) is 0 Å². The van der Waals surface area contributed by atoms with Gasteiger partial charge in [-0.3, -0.25) is 28.8 Å². The van der Waals surface area contributed by atoms with Gasteiger partial charge in [-0.05, 0) is 50.3 Å². The van der Waals surface area contributed by atoms with E-state index in [1.807, 2.05) is 0 Å². The highest BCUT2D eigenvalue weighted by atomic mass is 16.6. The highest BCUT2D eigenvalue weighted by molar-refractivity contribution is 5.92. The zero-order valence-electron chi connectivity index (χ0n) is 55.6. The molecule has 0 N–H and O–H groups in total. The van der Waals surface area contributed by atoms with E-state index in [4.69, 9.17) is 28.1 Å². The minimum absolute atomic E-state index is 0.0128. The minimum Gasteiger partial charge on any atom is -0.452 e. The van der Waals surface area contributed by atoms with Crippen molar-refractivity contribution in [3.05, 3.63) is 40.6 Å². The largest absolute Gasteiger partial charge is 0.452 e. The van der Waals surface area contributed by atoms with E-state index in [9.17, 15) is 24.0 Å². The third-order valence-corrected chi connectivity index (χ3v) is 16.6. The summed E-state index contributed by atoms with van der Waals surface area (Å²) in [7, 11) is 0. The maximum absolute atomic E-state index is 15.2. The lowest BCUT2D eigenvalue weighted by Gasteiger charge is -2.16. The zero-order chi connectivity index (χ0) is 62.8. The van der Waals surface area contributed by atoms with Gasteiger partial charge in [0, 0.05) is 49.8 Å². The molecular weight excluding hydrogens is 1090 g/mol. The Morgan fingerprint density at radius 1 is 0.310 bits per heavy atom. The Kier molecular flexibility index (Phi) is 44.5. The van der Waals surface area contributed by atoms with Crippen molar-refractivity contribution in [2.45, 2.75) is 356 Å². The fourth-order valence-corrected chi connectivity index (χ4v) is 11.2. The highest BCUT2D eigenvalue weighted by Crippen LogP contribution is 2.41. The van der Waals surface area contributed by atoms with Gasteiger partial charge in [-0.1, -0.05) is 291 Å². The standard InChI is InChI=1S/C75H120O12/c1-6-11-16-21-26-31-36-41-46-51-67(76)82-62-59-65(85-70(79)54-49-44-39-34-29-24-19-14-9-4)72-66(60-62)86-74(75(73(72)81)87-71(80)55-50-45-40-35-30-25-20-15-10-5)61-56-57-63(83-68(77)52-47-42-37-32-27-22-17-12-7-2)64(58-61)84-69(78)53-48-43-38-33-28-23-18-13-8-3/h56-60H,6-55H2,1-5H3. The average molecular weight is 1210 g/mol. The zero-order valence-corrected chi connectivity index (χ0v) is 55.6. The normalized spacial score (nSPS) is 11.3. The summed E-state index contributed by atoms with van der Waals surface area (Å²) in [5, 5.41) is -0.168. The van der Waals surface area contributed by atoms with E-state index in [1.165, 1.54) is 172 Å². The molecule has 492 valence electrons. The third kappa shape index (κ3) is 35.7. The van der Waals surface area contributed by atoms with E-state index >= 15 is 4.79 Å². The van der Waals surface area contributed by atoms with Crippen molar-refractivity contribution in [3.63, 3.8) is 0 Å². The number of hydrogen-bond donors (Lipinski definition) is 0. The van der Waals surface area contributed by atoms with Crippen LogP contribution in [-0.2, 0) is 24.0 Å². The van der Waals surface area contributed by atoms with Crippen LogP contribution in [0.25, 0.3) is 22.3 Å². The van der Waals surface area contributed by atoms with Crippen LogP contribution in [0.4, 0.5) is 0 Å². The van der Waals surface area contributed by atoms with E-state index in [0.29, 0.717) is 32.1 Å². The summed E-state index contributed by atoms with van der Waals surface area (Å²) >= 11 is 0. The van der Waals surface area contributed by atoms with Crippen LogP contribution >= 0.6 is 0 Å². The third-order valence-electron chi connectivity index (χ3n) is 16.6. The molecule has 0 unspecified atom stereocenters. The first-order chi connectivity index (χ1) is 42.5. The Balaban J connectivity index is 2.07. The summed E-state index contributed by atoms with van der Waals surface area (Å²) in [5.74, 6) is -3.51. The molecule has 87 heavy (non-hydrogen) atoms. The molecule has 0 atom stereocenters. The van der Waals surface area contributed by atoms with Crippen LogP contribution in [0.2, 0.25) is 0 Å². The molecule has 3 rings (SSSR count). The second kappa shape index (κ2) is 50.8. The minimum atomic E-state index is -0.787. The quantitative estimate of drug-likeness (QED) is 0.0299. The van der Waals surface area contributed by atoms with Gasteiger partial charge in [0.05, 0.1) is 0 Å². The summed E-state index contributed by atoms with van der Waals surface area (Å²) < 4.78 is 36.6. The fraction of sp³-hybridized carbons (Fsp3) is 0.733. The number of ether oxygens (including phenoxy) is 5. The highest BCUT2D eigenvalue weighted by Gasteiger charge is 2.27. The molecule has 12 nitrogen and oxygen atoms in total. The van der Waals surface area contributed by atoms with Crippen molar-refractivity contribution in [3.8, 4) is 40.1 Å². The van der Waals surface area contributed by atoms with Crippen molar-refractivity contribution in [2.24, 2.45) is 0 Å². The molecule has 0 aliphatic rings. The summed E-state index contributed by atoms with van der Waals surface area (Å²) in [6.07, 6.45) is 48.9. The molecule has 0 aliphatic carbocycles. The molecule has 1 heterocycles. The van der Waals surface area contributed by atoms with Gasteiger partial charge < -0.3 is 28.1 Å². The van der Waals surface area contributed by atoms with Crippen LogP contribution < -0.4 is 29.1 Å². The Bertz CT molecular complexity index is 2380. The van der Waals surface area contributed by atoms with Gasteiger partial charge in [0.1, 0.15) is 22.5 Å². The van der Waals surface area contributed by atoms with Crippen molar-refractivity contribution in [2.75, 3.05) is 0 Å². The maximum Gasteiger partial charge on any atom is 0.311 e. The number of carbonyl (C=O) groups is 5. The van der Waals surface area contributed by atoms with E-state index in [0.717, 1.165) is 109 Å². The van der Waals surface area contributed by atoms with Crippen LogP contribution in [0.1, 0.15) is 356 Å². The fourth-order valence-electron chi connectivity index (χ4n) is 11.2. The first-order valence-electron chi connectivity index (χ1n) is 35.9. The molecule has 0 saturated heterocycles. The van der Waals surface area contributed by atoms with Crippen molar-refractivity contribution < 1.29 is 52.1 Å². The van der Waals surface area contributed by atoms with Crippen molar-refractivity contribution >= 4 is 40.8 Å². The Labute approximate surface area is 526 Å². The lowest BCUT2D eigenvalue weighted by atomic mass is 10.1. The van der Waals surface area contributed by atoms with E-state index in [2.05, 4.69) is 34.6 Å². The lowest BCUT2D eigenvalue weighted by Crippen LogP contribution is -2.18. The molecular formula is C75H120O12. The molecule has 0 fully saturated rings. The second-order valence-electron chi connectivity index (χ2n) is 24.8. The molecule has 0 bridgehead atoms. The molecule has 1 aromatic heterocycles. The number of hydrogen-bond acceptors (Lipinski definition) is 12. The summed E-state index contributed by atoms with van der Waals surface area (Å²) in [6.45, 7) is 11.0. The first-order valence-corrected chi connectivity index (χ1v) is 35.9. The van der Waals surface area contributed by atoms with Crippen LogP contribution in [-0.4, -0.2) is 29.8 Å².